The highest BCUT2D eigenvalue weighted by atomic mass is 35.5. The van der Waals surface area contributed by atoms with Gasteiger partial charge >= 0.3 is 0 Å². The van der Waals surface area contributed by atoms with E-state index < -0.39 is 0 Å². The first kappa shape index (κ1) is 15.3. The van der Waals surface area contributed by atoms with E-state index in [1.165, 1.54) is 0 Å². The fourth-order valence-electron chi connectivity index (χ4n) is 1.57. The van der Waals surface area contributed by atoms with E-state index in [4.69, 9.17) is 16.3 Å². The van der Waals surface area contributed by atoms with Gasteiger partial charge in [0.25, 0.3) is 0 Å². The average molecular weight is 306 g/mol. The van der Waals surface area contributed by atoms with Gasteiger partial charge in [0.2, 0.25) is 11.8 Å². The van der Waals surface area contributed by atoms with Gasteiger partial charge in [-0.1, -0.05) is 25.4 Å². The van der Waals surface area contributed by atoms with Crippen molar-refractivity contribution in [2.24, 2.45) is 5.92 Å². The molecule has 1 amide bonds. The number of rotatable bonds is 4. The van der Waals surface area contributed by atoms with Crippen molar-refractivity contribution in [2.75, 3.05) is 5.32 Å². The van der Waals surface area contributed by atoms with Crippen LogP contribution in [0, 0.1) is 12.8 Å². The highest BCUT2D eigenvalue weighted by Crippen LogP contribution is 2.23. The van der Waals surface area contributed by atoms with E-state index in [0.717, 1.165) is 5.69 Å². The fraction of sp³-hybridized carbons (Fsp3) is 0.267. The van der Waals surface area contributed by atoms with E-state index in [9.17, 15) is 4.79 Å². The lowest BCUT2D eigenvalue weighted by atomic mass is 10.2. The third-order valence-corrected chi connectivity index (χ3v) is 2.85. The van der Waals surface area contributed by atoms with Crippen molar-refractivity contribution in [2.45, 2.75) is 20.8 Å². The molecule has 0 saturated carbocycles. The summed E-state index contributed by atoms with van der Waals surface area (Å²) in [7, 11) is 0. The zero-order chi connectivity index (χ0) is 15.4. The number of carbonyl (C=O) groups is 1. The number of aryl methyl sites for hydroxylation is 1. The van der Waals surface area contributed by atoms with Crippen LogP contribution in [0.1, 0.15) is 19.7 Å². The van der Waals surface area contributed by atoms with E-state index >= 15 is 0 Å². The summed E-state index contributed by atoms with van der Waals surface area (Å²) in [5.41, 5.74) is 0.720. The van der Waals surface area contributed by atoms with Crippen LogP contribution < -0.4 is 10.1 Å². The molecule has 2 rings (SSSR count). The highest BCUT2D eigenvalue weighted by molar-refractivity contribution is 6.29. The number of carbonyl (C=O) groups excluding carboxylic acids is 1. The van der Waals surface area contributed by atoms with Gasteiger partial charge in [-0.05, 0) is 31.2 Å². The highest BCUT2D eigenvalue weighted by Gasteiger charge is 2.07. The quantitative estimate of drug-likeness (QED) is 0.872. The molecule has 0 spiro atoms. The van der Waals surface area contributed by atoms with Crippen molar-refractivity contribution in [3.8, 4) is 11.6 Å². The van der Waals surface area contributed by atoms with E-state index in [1.807, 2.05) is 13.8 Å². The summed E-state index contributed by atoms with van der Waals surface area (Å²) in [6.07, 6.45) is 0. The summed E-state index contributed by atoms with van der Waals surface area (Å²) >= 11 is 5.85. The lowest BCUT2D eigenvalue weighted by Gasteiger charge is -2.09. The zero-order valence-corrected chi connectivity index (χ0v) is 12.8. The lowest BCUT2D eigenvalue weighted by molar-refractivity contribution is -0.118. The maximum absolute atomic E-state index is 11.6. The molecule has 0 aliphatic rings. The number of hydrogen-bond acceptors (Lipinski definition) is 4. The normalized spacial score (nSPS) is 10.5. The molecule has 0 bridgehead atoms. The van der Waals surface area contributed by atoms with Gasteiger partial charge in [-0.15, -0.1) is 0 Å². The maximum Gasteiger partial charge on any atom is 0.226 e. The Morgan fingerprint density at radius 1 is 1.24 bits per heavy atom. The molecule has 0 fully saturated rings. The predicted octanol–water partition coefficient (Wildman–Crippen LogP) is 3.83. The predicted molar refractivity (Wildman–Crippen MR) is 81.8 cm³/mol. The molecule has 1 heterocycles. The van der Waals surface area contributed by atoms with Crippen molar-refractivity contribution in [3.63, 3.8) is 0 Å². The fourth-order valence-corrected chi connectivity index (χ4v) is 1.79. The summed E-state index contributed by atoms with van der Waals surface area (Å²) in [6, 6.07) is 8.59. The number of nitrogens with zero attached hydrogens (tertiary/aromatic N) is 2. The molecular formula is C15H16ClN3O2. The number of nitrogens with one attached hydrogen (secondary N) is 1. The van der Waals surface area contributed by atoms with Crippen LogP contribution in [-0.2, 0) is 4.79 Å². The maximum atomic E-state index is 11.6. The molecular weight excluding hydrogens is 290 g/mol. The van der Waals surface area contributed by atoms with Crippen LogP contribution in [0.2, 0.25) is 5.15 Å². The SMILES string of the molecule is Cc1nc(Cl)cc(Oc2ccc(NC(=O)C(C)C)cc2)n1. The van der Waals surface area contributed by atoms with Gasteiger partial charge in [0, 0.05) is 17.7 Å². The number of ether oxygens (including phenoxy) is 1. The standard InChI is InChI=1S/C15H16ClN3O2/c1-9(2)15(20)19-11-4-6-12(7-5-11)21-14-8-13(16)17-10(3)18-14/h4-9H,1-3H3,(H,19,20). The molecule has 1 N–H and O–H groups in total. The largest absolute Gasteiger partial charge is 0.439 e. The first-order chi connectivity index (χ1) is 9.94. The molecule has 1 aromatic carbocycles. The molecule has 21 heavy (non-hydrogen) atoms. The van der Waals surface area contributed by atoms with Crippen LogP contribution in [0.15, 0.2) is 30.3 Å². The topological polar surface area (TPSA) is 64.1 Å². The van der Waals surface area contributed by atoms with Crippen LogP contribution in [-0.4, -0.2) is 15.9 Å². The minimum absolute atomic E-state index is 0.0260. The second-order valence-corrected chi connectivity index (χ2v) is 5.23. The number of halogens is 1. The van der Waals surface area contributed by atoms with Gasteiger partial charge in [0.05, 0.1) is 0 Å². The monoisotopic (exact) mass is 305 g/mol. The molecule has 110 valence electrons. The van der Waals surface area contributed by atoms with Crippen LogP contribution in [0.3, 0.4) is 0 Å². The summed E-state index contributed by atoms with van der Waals surface area (Å²) in [4.78, 5) is 19.7. The third kappa shape index (κ3) is 4.43. The lowest BCUT2D eigenvalue weighted by Crippen LogP contribution is -2.17. The van der Waals surface area contributed by atoms with Crippen molar-refractivity contribution >= 4 is 23.2 Å². The van der Waals surface area contributed by atoms with Crippen molar-refractivity contribution in [1.29, 1.82) is 0 Å². The Balaban J connectivity index is 2.07. The Bertz CT molecular complexity index is 622. The Kier molecular flexibility index (Phi) is 4.75. The van der Waals surface area contributed by atoms with Gasteiger partial charge in [-0.3, -0.25) is 4.79 Å². The number of amides is 1. The van der Waals surface area contributed by atoms with Crippen LogP contribution in [0.5, 0.6) is 11.6 Å². The van der Waals surface area contributed by atoms with Crippen LogP contribution in [0.25, 0.3) is 0 Å². The Morgan fingerprint density at radius 3 is 2.48 bits per heavy atom. The third-order valence-electron chi connectivity index (χ3n) is 2.65. The number of hydrogen-bond donors (Lipinski definition) is 1. The summed E-state index contributed by atoms with van der Waals surface area (Å²) in [6.45, 7) is 5.42. The number of aromatic nitrogens is 2. The molecule has 5 nitrogen and oxygen atoms in total. The Morgan fingerprint density at radius 2 is 1.90 bits per heavy atom. The minimum atomic E-state index is -0.0629. The summed E-state index contributed by atoms with van der Waals surface area (Å²) in [5, 5.41) is 3.14. The molecule has 0 atom stereocenters. The summed E-state index contributed by atoms with van der Waals surface area (Å²) < 4.78 is 5.60. The Labute approximate surface area is 128 Å². The van der Waals surface area contributed by atoms with Gasteiger partial charge in [0.1, 0.15) is 16.7 Å². The molecule has 0 radical (unpaired) electrons. The second kappa shape index (κ2) is 6.54. The zero-order valence-electron chi connectivity index (χ0n) is 12.1. The van der Waals surface area contributed by atoms with Crippen LogP contribution >= 0.6 is 11.6 Å². The van der Waals surface area contributed by atoms with Crippen LogP contribution in [0.4, 0.5) is 5.69 Å². The second-order valence-electron chi connectivity index (χ2n) is 4.85. The molecule has 0 aliphatic heterocycles. The summed E-state index contributed by atoms with van der Waals surface area (Å²) in [5.74, 6) is 1.44. The first-order valence-corrected chi connectivity index (χ1v) is 6.92. The van der Waals surface area contributed by atoms with Gasteiger partial charge in [-0.2, -0.15) is 4.98 Å². The molecule has 0 unspecified atom stereocenters. The van der Waals surface area contributed by atoms with Gasteiger partial charge in [-0.25, -0.2) is 4.98 Å². The smallest absolute Gasteiger partial charge is 0.226 e. The van der Waals surface area contributed by atoms with E-state index in [1.54, 1.807) is 37.3 Å². The number of anilines is 1. The average Bonchev–Trinajstić information content (AvgIpc) is 2.39. The Hall–Kier alpha value is -2.14. The molecule has 6 heteroatoms. The van der Waals surface area contributed by atoms with E-state index in [0.29, 0.717) is 22.6 Å². The van der Waals surface area contributed by atoms with Gasteiger partial charge in [0.15, 0.2) is 0 Å². The van der Waals surface area contributed by atoms with Crippen molar-refractivity contribution < 1.29 is 9.53 Å². The molecule has 2 aromatic rings. The molecule has 0 aliphatic carbocycles. The minimum Gasteiger partial charge on any atom is -0.439 e. The van der Waals surface area contributed by atoms with Crippen molar-refractivity contribution in [1.82, 2.24) is 9.97 Å². The number of benzene rings is 1. The van der Waals surface area contributed by atoms with E-state index in [-0.39, 0.29) is 11.8 Å². The molecule has 1 aromatic heterocycles. The van der Waals surface area contributed by atoms with Crippen molar-refractivity contribution in [3.05, 3.63) is 41.3 Å². The molecule has 0 saturated heterocycles. The van der Waals surface area contributed by atoms with Gasteiger partial charge < -0.3 is 10.1 Å². The first-order valence-electron chi connectivity index (χ1n) is 6.54. The van der Waals surface area contributed by atoms with E-state index in [2.05, 4.69) is 15.3 Å².